The molecule has 0 radical (unpaired) electrons. The Labute approximate surface area is 128 Å². The number of carbonyl (C=O) groups excluding carboxylic acids is 2. The highest BCUT2D eigenvalue weighted by atomic mass is 19.1. The quantitative estimate of drug-likeness (QED) is 0.912. The summed E-state index contributed by atoms with van der Waals surface area (Å²) in [6.07, 6.45) is 0. The fourth-order valence-electron chi connectivity index (χ4n) is 1.83. The Morgan fingerprint density at radius 2 is 1.59 bits per heavy atom. The van der Waals surface area contributed by atoms with Gasteiger partial charge in [0.2, 0.25) is 5.91 Å². The van der Waals surface area contributed by atoms with E-state index in [1.807, 2.05) is 19.1 Å². The molecule has 0 bridgehead atoms. The number of benzene rings is 2. The lowest BCUT2D eigenvalue weighted by molar-refractivity contribution is -0.117. The van der Waals surface area contributed by atoms with Gasteiger partial charge >= 0.3 is 0 Å². The summed E-state index contributed by atoms with van der Waals surface area (Å²) in [5.41, 5.74) is 2.06. The van der Waals surface area contributed by atoms with E-state index in [4.69, 9.17) is 0 Å². The molecule has 0 aliphatic heterocycles. The first-order valence-electron chi connectivity index (χ1n) is 6.89. The van der Waals surface area contributed by atoms with Gasteiger partial charge in [-0.25, -0.2) is 4.39 Å². The highest BCUT2D eigenvalue weighted by Crippen LogP contribution is 2.09. The van der Waals surface area contributed by atoms with Crippen LogP contribution in [0.5, 0.6) is 0 Å². The first-order chi connectivity index (χ1) is 10.5. The van der Waals surface area contributed by atoms with Gasteiger partial charge in [0.25, 0.3) is 5.91 Å². The molecule has 5 heteroatoms. The molecule has 2 N–H and O–H groups in total. The van der Waals surface area contributed by atoms with Crippen LogP contribution in [0.15, 0.2) is 48.5 Å². The van der Waals surface area contributed by atoms with Crippen LogP contribution in [-0.2, 0) is 4.79 Å². The molecule has 1 atom stereocenters. The van der Waals surface area contributed by atoms with Crippen molar-refractivity contribution in [2.75, 3.05) is 5.32 Å². The molecule has 114 valence electrons. The van der Waals surface area contributed by atoms with E-state index in [2.05, 4.69) is 10.6 Å². The molecule has 1 unspecified atom stereocenters. The number of carbonyl (C=O) groups is 2. The third-order valence-electron chi connectivity index (χ3n) is 3.17. The number of hydrogen-bond acceptors (Lipinski definition) is 2. The molecule has 22 heavy (non-hydrogen) atoms. The summed E-state index contributed by atoms with van der Waals surface area (Å²) in [7, 11) is 0. The van der Waals surface area contributed by atoms with Crippen LogP contribution in [0.1, 0.15) is 22.8 Å². The zero-order valence-corrected chi connectivity index (χ0v) is 12.4. The van der Waals surface area contributed by atoms with Crippen molar-refractivity contribution in [1.82, 2.24) is 5.32 Å². The van der Waals surface area contributed by atoms with Gasteiger partial charge < -0.3 is 10.6 Å². The Morgan fingerprint density at radius 1 is 1.00 bits per heavy atom. The van der Waals surface area contributed by atoms with E-state index < -0.39 is 17.8 Å². The number of amides is 2. The highest BCUT2D eigenvalue weighted by molar-refractivity contribution is 6.00. The summed E-state index contributed by atoms with van der Waals surface area (Å²) in [4.78, 5) is 24.0. The van der Waals surface area contributed by atoms with Crippen LogP contribution < -0.4 is 10.6 Å². The molecule has 4 nitrogen and oxygen atoms in total. The smallest absolute Gasteiger partial charge is 0.251 e. The lowest BCUT2D eigenvalue weighted by atomic mass is 10.2. The topological polar surface area (TPSA) is 58.2 Å². The molecular formula is C17H17FN2O2. The Hall–Kier alpha value is -2.69. The second kappa shape index (κ2) is 6.85. The average molecular weight is 300 g/mol. The minimum absolute atomic E-state index is 0.302. The van der Waals surface area contributed by atoms with E-state index in [1.54, 1.807) is 19.1 Å². The largest absolute Gasteiger partial charge is 0.341 e. The minimum Gasteiger partial charge on any atom is -0.341 e. The van der Waals surface area contributed by atoms with Crippen LogP contribution in [0.4, 0.5) is 10.1 Å². The van der Waals surface area contributed by atoms with Crippen molar-refractivity contribution < 1.29 is 14.0 Å². The number of anilines is 1. The van der Waals surface area contributed by atoms with Crippen molar-refractivity contribution in [3.8, 4) is 0 Å². The van der Waals surface area contributed by atoms with Crippen molar-refractivity contribution in [3.05, 3.63) is 65.5 Å². The van der Waals surface area contributed by atoms with Crippen LogP contribution in [0.25, 0.3) is 0 Å². The molecule has 0 aliphatic carbocycles. The molecule has 0 spiro atoms. The predicted molar refractivity (Wildman–Crippen MR) is 83.1 cm³/mol. The van der Waals surface area contributed by atoms with Crippen molar-refractivity contribution in [2.24, 2.45) is 0 Å². The Balaban J connectivity index is 1.94. The van der Waals surface area contributed by atoms with E-state index in [9.17, 15) is 14.0 Å². The average Bonchev–Trinajstić information content (AvgIpc) is 2.50. The van der Waals surface area contributed by atoms with Gasteiger partial charge in [-0.2, -0.15) is 0 Å². The van der Waals surface area contributed by atoms with Crippen LogP contribution in [-0.4, -0.2) is 17.9 Å². The van der Waals surface area contributed by atoms with E-state index in [0.717, 1.165) is 5.56 Å². The Kier molecular flexibility index (Phi) is 4.88. The van der Waals surface area contributed by atoms with Crippen molar-refractivity contribution in [2.45, 2.75) is 19.9 Å². The Morgan fingerprint density at radius 3 is 2.18 bits per heavy atom. The fraction of sp³-hybridized carbons (Fsp3) is 0.176. The number of halogens is 1. The van der Waals surface area contributed by atoms with Gasteiger partial charge in [0.1, 0.15) is 11.9 Å². The molecule has 2 rings (SSSR count). The SMILES string of the molecule is Cc1ccc(NC(=O)C(C)NC(=O)c2ccc(F)cc2)cc1. The molecule has 2 amide bonds. The summed E-state index contributed by atoms with van der Waals surface area (Å²) in [6, 6.07) is 11.8. The van der Waals surface area contributed by atoms with Crippen LogP contribution >= 0.6 is 0 Å². The summed E-state index contributed by atoms with van der Waals surface area (Å²) in [6.45, 7) is 3.54. The molecular weight excluding hydrogens is 283 g/mol. The molecule has 0 saturated carbocycles. The first kappa shape index (κ1) is 15.7. The highest BCUT2D eigenvalue weighted by Gasteiger charge is 2.16. The van der Waals surface area contributed by atoms with Gasteiger partial charge in [-0.3, -0.25) is 9.59 Å². The first-order valence-corrected chi connectivity index (χ1v) is 6.89. The number of rotatable bonds is 4. The standard InChI is InChI=1S/C17H17FN2O2/c1-11-3-9-15(10-4-11)20-16(21)12(2)19-17(22)13-5-7-14(18)8-6-13/h3-10,12H,1-2H3,(H,19,22)(H,20,21). The molecule has 0 aromatic heterocycles. The normalized spacial score (nSPS) is 11.6. The van der Waals surface area contributed by atoms with Gasteiger partial charge in [-0.15, -0.1) is 0 Å². The van der Waals surface area contributed by atoms with Crippen molar-refractivity contribution in [3.63, 3.8) is 0 Å². The lowest BCUT2D eigenvalue weighted by Crippen LogP contribution is -2.41. The summed E-state index contributed by atoms with van der Waals surface area (Å²) >= 11 is 0. The second-order valence-electron chi connectivity index (χ2n) is 5.06. The summed E-state index contributed by atoms with van der Waals surface area (Å²) in [5, 5.41) is 5.29. The van der Waals surface area contributed by atoms with Gasteiger partial charge in [0.05, 0.1) is 0 Å². The van der Waals surface area contributed by atoms with E-state index in [0.29, 0.717) is 11.3 Å². The zero-order chi connectivity index (χ0) is 16.1. The van der Waals surface area contributed by atoms with Crippen LogP contribution in [0.3, 0.4) is 0 Å². The molecule has 0 fully saturated rings. The monoisotopic (exact) mass is 300 g/mol. The zero-order valence-electron chi connectivity index (χ0n) is 12.4. The molecule has 2 aromatic carbocycles. The fourth-order valence-corrected chi connectivity index (χ4v) is 1.83. The molecule has 0 aliphatic rings. The Bertz CT molecular complexity index is 666. The second-order valence-corrected chi connectivity index (χ2v) is 5.06. The van der Waals surface area contributed by atoms with Crippen LogP contribution in [0, 0.1) is 12.7 Å². The molecule has 0 heterocycles. The maximum Gasteiger partial charge on any atom is 0.251 e. The van der Waals surface area contributed by atoms with Crippen molar-refractivity contribution in [1.29, 1.82) is 0 Å². The molecule has 0 saturated heterocycles. The maximum atomic E-state index is 12.8. The van der Waals surface area contributed by atoms with E-state index in [-0.39, 0.29) is 5.91 Å². The number of hydrogen-bond donors (Lipinski definition) is 2. The van der Waals surface area contributed by atoms with E-state index >= 15 is 0 Å². The molecule has 2 aromatic rings. The number of aryl methyl sites for hydroxylation is 1. The minimum atomic E-state index is -0.709. The predicted octanol–water partition coefficient (Wildman–Crippen LogP) is 2.89. The van der Waals surface area contributed by atoms with Gasteiger partial charge in [-0.1, -0.05) is 17.7 Å². The van der Waals surface area contributed by atoms with Gasteiger partial charge in [-0.05, 0) is 50.2 Å². The van der Waals surface area contributed by atoms with Crippen molar-refractivity contribution >= 4 is 17.5 Å². The summed E-state index contributed by atoms with van der Waals surface area (Å²) < 4.78 is 12.8. The third-order valence-corrected chi connectivity index (χ3v) is 3.17. The lowest BCUT2D eigenvalue weighted by Gasteiger charge is -2.14. The van der Waals surface area contributed by atoms with Gasteiger partial charge in [0.15, 0.2) is 0 Å². The van der Waals surface area contributed by atoms with E-state index in [1.165, 1.54) is 24.3 Å². The number of nitrogens with one attached hydrogen (secondary N) is 2. The van der Waals surface area contributed by atoms with Crippen LogP contribution in [0.2, 0.25) is 0 Å². The maximum absolute atomic E-state index is 12.8. The van der Waals surface area contributed by atoms with Gasteiger partial charge in [0, 0.05) is 11.3 Å². The summed E-state index contributed by atoms with van der Waals surface area (Å²) in [5.74, 6) is -1.16. The third kappa shape index (κ3) is 4.15.